The van der Waals surface area contributed by atoms with Crippen LogP contribution >= 0.6 is 11.8 Å². The van der Waals surface area contributed by atoms with Crippen LogP contribution in [0.25, 0.3) is 0 Å². The third-order valence-electron chi connectivity index (χ3n) is 3.93. The third-order valence-corrected chi connectivity index (χ3v) is 5.29. The van der Waals surface area contributed by atoms with E-state index in [0.29, 0.717) is 11.2 Å². The summed E-state index contributed by atoms with van der Waals surface area (Å²) in [5, 5.41) is 20.0. The van der Waals surface area contributed by atoms with E-state index in [2.05, 4.69) is 21.7 Å². The van der Waals surface area contributed by atoms with E-state index in [1.807, 2.05) is 0 Å². The molecule has 0 saturated heterocycles. The lowest BCUT2D eigenvalue weighted by Gasteiger charge is -2.26. The largest absolute Gasteiger partial charge is 0.392 e. The molecule has 1 N–H and O–H groups in total. The minimum Gasteiger partial charge on any atom is -0.392 e. The molecule has 1 heterocycles. The summed E-state index contributed by atoms with van der Waals surface area (Å²) < 4.78 is 2.24. The van der Waals surface area contributed by atoms with E-state index >= 15 is 0 Å². The highest BCUT2D eigenvalue weighted by Gasteiger charge is 2.31. The van der Waals surface area contributed by atoms with Crippen LogP contribution in [0.5, 0.6) is 0 Å². The van der Waals surface area contributed by atoms with Gasteiger partial charge in [-0.15, -0.1) is 10.2 Å². The van der Waals surface area contributed by atoms with Crippen LogP contribution in [0.3, 0.4) is 0 Å². The van der Waals surface area contributed by atoms with Gasteiger partial charge in [-0.05, 0) is 32.6 Å². The standard InChI is InChI=1S/C13H21N3OS/c1-2-16-12(9-7-8-9)14-15-13(16)18-11-6-4-3-5-10(11)17/h9-11,17H,2-8H2,1H3. The van der Waals surface area contributed by atoms with Crippen molar-refractivity contribution in [1.82, 2.24) is 14.8 Å². The van der Waals surface area contributed by atoms with Gasteiger partial charge in [-0.3, -0.25) is 0 Å². The van der Waals surface area contributed by atoms with Gasteiger partial charge in [0.15, 0.2) is 5.16 Å². The van der Waals surface area contributed by atoms with Gasteiger partial charge in [0, 0.05) is 17.7 Å². The Hall–Kier alpha value is -0.550. The molecule has 2 saturated carbocycles. The fraction of sp³-hybridized carbons (Fsp3) is 0.846. The lowest BCUT2D eigenvalue weighted by atomic mass is 9.97. The maximum atomic E-state index is 10.0. The van der Waals surface area contributed by atoms with Gasteiger partial charge >= 0.3 is 0 Å². The molecule has 5 heteroatoms. The first-order chi connectivity index (χ1) is 8.79. The summed E-state index contributed by atoms with van der Waals surface area (Å²) in [5.74, 6) is 1.80. The van der Waals surface area contributed by atoms with Crippen LogP contribution in [-0.4, -0.2) is 31.2 Å². The van der Waals surface area contributed by atoms with Crippen molar-refractivity contribution < 1.29 is 5.11 Å². The van der Waals surface area contributed by atoms with Crippen LogP contribution in [0.2, 0.25) is 0 Å². The molecule has 2 unspecified atom stereocenters. The normalized spacial score (nSPS) is 28.6. The van der Waals surface area contributed by atoms with Gasteiger partial charge in [0.25, 0.3) is 0 Å². The number of nitrogens with zero attached hydrogens (tertiary/aromatic N) is 3. The molecule has 2 aliphatic rings. The Morgan fingerprint density at radius 3 is 2.67 bits per heavy atom. The van der Waals surface area contributed by atoms with Crippen molar-refractivity contribution in [3.63, 3.8) is 0 Å². The van der Waals surface area contributed by atoms with E-state index in [0.717, 1.165) is 36.8 Å². The quantitative estimate of drug-likeness (QED) is 0.911. The Bertz CT molecular complexity index is 416. The molecule has 0 aliphatic heterocycles. The first-order valence-electron chi connectivity index (χ1n) is 7.07. The van der Waals surface area contributed by atoms with Crippen molar-refractivity contribution in [2.45, 2.75) is 74.4 Å². The summed E-state index contributed by atoms with van der Waals surface area (Å²) in [6, 6.07) is 0. The number of thioether (sulfide) groups is 1. The second-order valence-corrected chi connectivity index (χ2v) is 6.57. The number of aromatic nitrogens is 3. The first-order valence-corrected chi connectivity index (χ1v) is 7.95. The van der Waals surface area contributed by atoms with E-state index < -0.39 is 0 Å². The summed E-state index contributed by atoms with van der Waals surface area (Å²) >= 11 is 1.73. The predicted octanol–water partition coefficient (Wildman–Crippen LogP) is 2.57. The fourth-order valence-corrected chi connectivity index (χ4v) is 3.96. The molecule has 0 spiro atoms. The smallest absolute Gasteiger partial charge is 0.191 e. The molecule has 4 nitrogen and oxygen atoms in total. The lowest BCUT2D eigenvalue weighted by Crippen LogP contribution is -2.27. The topological polar surface area (TPSA) is 50.9 Å². The average molecular weight is 267 g/mol. The summed E-state index contributed by atoms with van der Waals surface area (Å²) in [6.45, 7) is 3.08. The highest BCUT2D eigenvalue weighted by molar-refractivity contribution is 7.99. The molecule has 2 fully saturated rings. The number of rotatable bonds is 4. The number of hydrogen-bond acceptors (Lipinski definition) is 4. The van der Waals surface area contributed by atoms with Crippen LogP contribution in [0, 0.1) is 0 Å². The van der Waals surface area contributed by atoms with Crippen molar-refractivity contribution in [2.75, 3.05) is 0 Å². The Morgan fingerprint density at radius 1 is 1.22 bits per heavy atom. The number of aliphatic hydroxyl groups excluding tert-OH is 1. The molecule has 18 heavy (non-hydrogen) atoms. The molecule has 0 amide bonds. The second-order valence-electron chi connectivity index (χ2n) is 5.37. The molecule has 1 aromatic heterocycles. The second kappa shape index (κ2) is 5.21. The van der Waals surface area contributed by atoms with Crippen LogP contribution in [0.15, 0.2) is 5.16 Å². The highest BCUT2D eigenvalue weighted by atomic mass is 32.2. The SMILES string of the molecule is CCn1c(SC2CCCCC2O)nnc1C1CC1. The molecular weight excluding hydrogens is 246 g/mol. The molecular formula is C13H21N3OS. The summed E-state index contributed by atoms with van der Waals surface area (Å²) in [7, 11) is 0. The van der Waals surface area contributed by atoms with Gasteiger partial charge in [-0.1, -0.05) is 24.6 Å². The van der Waals surface area contributed by atoms with Gasteiger partial charge in [0.1, 0.15) is 5.82 Å². The van der Waals surface area contributed by atoms with Crippen LogP contribution < -0.4 is 0 Å². The minimum atomic E-state index is -0.171. The zero-order chi connectivity index (χ0) is 12.5. The number of hydrogen-bond donors (Lipinski definition) is 1. The molecule has 0 bridgehead atoms. The Balaban J connectivity index is 1.75. The molecule has 100 valence electrons. The average Bonchev–Trinajstić information content (AvgIpc) is 3.14. The van der Waals surface area contributed by atoms with E-state index in [1.54, 1.807) is 11.8 Å². The van der Waals surface area contributed by atoms with E-state index in [1.165, 1.54) is 19.3 Å². The third kappa shape index (κ3) is 2.43. The monoisotopic (exact) mass is 267 g/mol. The Kier molecular flexibility index (Phi) is 3.61. The van der Waals surface area contributed by atoms with Gasteiger partial charge in [-0.25, -0.2) is 0 Å². The molecule has 0 aromatic carbocycles. The minimum absolute atomic E-state index is 0.171. The van der Waals surface area contributed by atoms with Crippen LogP contribution in [-0.2, 0) is 6.54 Å². The van der Waals surface area contributed by atoms with Gasteiger partial charge < -0.3 is 9.67 Å². The molecule has 1 aromatic rings. The maximum absolute atomic E-state index is 10.0. The summed E-state index contributed by atoms with van der Waals surface area (Å²) in [4.78, 5) is 0. The van der Waals surface area contributed by atoms with Crippen molar-refractivity contribution in [1.29, 1.82) is 0 Å². The van der Waals surface area contributed by atoms with Crippen molar-refractivity contribution in [3.05, 3.63) is 5.82 Å². The van der Waals surface area contributed by atoms with Crippen molar-refractivity contribution in [2.24, 2.45) is 0 Å². The van der Waals surface area contributed by atoms with Gasteiger partial charge in [-0.2, -0.15) is 0 Å². The number of aliphatic hydroxyl groups is 1. The zero-order valence-electron chi connectivity index (χ0n) is 10.9. The molecule has 3 rings (SSSR count). The zero-order valence-corrected chi connectivity index (χ0v) is 11.7. The summed E-state index contributed by atoms with van der Waals surface area (Å²) in [6.07, 6.45) is 6.77. The fourth-order valence-electron chi connectivity index (χ4n) is 2.68. The van der Waals surface area contributed by atoms with Gasteiger partial charge in [0.2, 0.25) is 0 Å². The predicted molar refractivity (Wildman–Crippen MR) is 71.8 cm³/mol. The first kappa shape index (κ1) is 12.5. The van der Waals surface area contributed by atoms with Crippen molar-refractivity contribution in [3.8, 4) is 0 Å². The summed E-state index contributed by atoms with van der Waals surface area (Å²) in [5.41, 5.74) is 0. The van der Waals surface area contributed by atoms with Crippen LogP contribution in [0.4, 0.5) is 0 Å². The van der Waals surface area contributed by atoms with Crippen molar-refractivity contribution >= 4 is 11.8 Å². The Labute approximate surface area is 112 Å². The van der Waals surface area contributed by atoms with E-state index in [9.17, 15) is 5.11 Å². The van der Waals surface area contributed by atoms with Crippen LogP contribution in [0.1, 0.15) is 57.2 Å². The van der Waals surface area contributed by atoms with E-state index in [-0.39, 0.29) is 6.10 Å². The molecule has 2 atom stereocenters. The van der Waals surface area contributed by atoms with E-state index in [4.69, 9.17) is 0 Å². The Morgan fingerprint density at radius 2 is 2.00 bits per heavy atom. The highest BCUT2D eigenvalue weighted by Crippen LogP contribution is 2.41. The molecule has 2 aliphatic carbocycles. The molecule has 0 radical (unpaired) electrons. The van der Waals surface area contributed by atoms with Gasteiger partial charge in [0.05, 0.1) is 6.10 Å². The maximum Gasteiger partial charge on any atom is 0.191 e. The lowest BCUT2D eigenvalue weighted by molar-refractivity contribution is 0.137.